The zero-order chi connectivity index (χ0) is 32.5. The molecular formula is C35H36N8O3S. The Morgan fingerprint density at radius 1 is 1.00 bits per heavy atom. The molecule has 5 aromatic rings. The summed E-state index contributed by atoms with van der Waals surface area (Å²) in [5.74, 6) is 1.59. The minimum absolute atomic E-state index is 0.0540. The number of amides is 2. The maximum atomic E-state index is 13.0. The highest BCUT2D eigenvalue weighted by atomic mass is 32.1. The second-order valence-electron chi connectivity index (χ2n) is 12.0. The first kappa shape index (κ1) is 30.7. The number of nitrogens with one attached hydrogen (secondary N) is 1. The summed E-state index contributed by atoms with van der Waals surface area (Å²) < 4.78 is 6.54. The van der Waals surface area contributed by atoms with Crippen molar-refractivity contribution in [1.82, 2.24) is 25.3 Å². The Morgan fingerprint density at radius 3 is 2.49 bits per heavy atom. The predicted molar refractivity (Wildman–Crippen MR) is 184 cm³/mol. The van der Waals surface area contributed by atoms with Crippen LogP contribution in [0.3, 0.4) is 0 Å². The Balaban J connectivity index is 1.03. The number of ether oxygens (including phenoxy) is 1. The van der Waals surface area contributed by atoms with Crippen LogP contribution in [-0.2, 0) is 33.7 Å². The van der Waals surface area contributed by atoms with Crippen LogP contribution in [-0.4, -0.2) is 64.1 Å². The molecule has 12 heteroatoms. The molecule has 2 aliphatic rings. The van der Waals surface area contributed by atoms with Crippen LogP contribution in [0.5, 0.6) is 0 Å². The molecule has 2 aliphatic heterocycles. The number of nitrogens with zero attached hydrogens (tertiary/aromatic N) is 6. The van der Waals surface area contributed by atoms with Gasteiger partial charge in [0.05, 0.1) is 42.0 Å². The van der Waals surface area contributed by atoms with Gasteiger partial charge in [0.25, 0.3) is 0 Å². The molecule has 0 unspecified atom stereocenters. The monoisotopic (exact) mass is 648 g/mol. The molecule has 7 rings (SSSR count). The van der Waals surface area contributed by atoms with Crippen LogP contribution in [0.4, 0.5) is 17.5 Å². The highest BCUT2D eigenvalue weighted by Gasteiger charge is 2.26. The Hall–Kier alpha value is -4.94. The third-order valence-corrected chi connectivity index (χ3v) is 9.83. The minimum atomic E-state index is -0.0540. The summed E-state index contributed by atoms with van der Waals surface area (Å²) in [6, 6.07) is 16.7. The number of carbonyl (C=O) groups excluding carboxylic acids is 2. The van der Waals surface area contributed by atoms with Gasteiger partial charge in [0.1, 0.15) is 0 Å². The van der Waals surface area contributed by atoms with Crippen LogP contribution in [0.1, 0.15) is 36.3 Å². The summed E-state index contributed by atoms with van der Waals surface area (Å²) in [5.41, 5.74) is 12.5. The number of thiophene rings is 1. The van der Waals surface area contributed by atoms with Crippen LogP contribution in [0, 0.1) is 0 Å². The highest BCUT2D eigenvalue weighted by Crippen LogP contribution is 2.36. The lowest BCUT2D eigenvalue weighted by Gasteiger charge is -2.34. The molecule has 2 amide bonds. The molecule has 3 N–H and O–H groups in total. The van der Waals surface area contributed by atoms with Crippen molar-refractivity contribution in [2.75, 3.05) is 41.8 Å². The lowest BCUT2D eigenvalue weighted by Crippen LogP contribution is -2.40. The molecule has 1 fully saturated rings. The zero-order valence-corrected chi connectivity index (χ0v) is 27.2. The van der Waals surface area contributed by atoms with Crippen LogP contribution < -0.4 is 20.9 Å². The number of rotatable bonds is 7. The topological polar surface area (TPSA) is 139 Å². The van der Waals surface area contributed by atoms with Gasteiger partial charge >= 0.3 is 0 Å². The number of benzene rings is 2. The first-order chi connectivity index (χ1) is 22.8. The molecule has 0 radical (unpaired) electrons. The number of morpholine rings is 1. The number of aryl methyl sites for hydroxylation is 1. The van der Waals surface area contributed by atoms with Crippen LogP contribution in [0.2, 0.25) is 0 Å². The quantitative estimate of drug-likeness (QED) is 0.255. The number of fused-ring (bicyclic) bond motifs is 2. The van der Waals surface area contributed by atoms with Crippen LogP contribution >= 0.6 is 11.3 Å². The molecule has 11 nitrogen and oxygen atoms in total. The summed E-state index contributed by atoms with van der Waals surface area (Å²) >= 11 is 1.59. The van der Waals surface area contributed by atoms with Crippen molar-refractivity contribution in [2.45, 2.75) is 45.7 Å². The number of nitrogens with two attached hydrogens (primary N) is 1. The molecular weight excluding hydrogens is 613 g/mol. The van der Waals surface area contributed by atoms with Gasteiger partial charge in [-0.2, -0.15) is 0 Å². The number of nitrogen functional groups attached to an aromatic ring is 1. The Morgan fingerprint density at radius 2 is 1.74 bits per heavy atom. The van der Waals surface area contributed by atoms with Crippen molar-refractivity contribution in [3.63, 3.8) is 0 Å². The molecule has 0 aliphatic carbocycles. The Kier molecular flexibility index (Phi) is 8.52. The Bertz CT molecular complexity index is 1940. The third-order valence-electron chi connectivity index (χ3n) is 8.71. The molecule has 2 aromatic carbocycles. The van der Waals surface area contributed by atoms with E-state index in [1.807, 2.05) is 23.1 Å². The molecule has 1 atom stereocenters. The lowest BCUT2D eigenvalue weighted by atomic mass is 9.92. The van der Waals surface area contributed by atoms with Crippen LogP contribution in [0.15, 0.2) is 60.9 Å². The maximum absolute atomic E-state index is 13.0. The predicted octanol–water partition coefficient (Wildman–Crippen LogP) is 4.78. The van der Waals surface area contributed by atoms with E-state index in [2.05, 4.69) is 57.4 Å². The fourth-order valence-electron chi connectivity index (χ4n) is 6.28. The van der Waals surface area contributed by atoms with E-state index in [-0.39, 0.29) is 30.2 Å². The van der Waals surface area contributed by atoms with Crippen molar-refractivity contribution in [2.24, 2.45) is 0 Å². The number of aromatic nitrogens is 4. The van der Waals surface area contributed by atoms with Crippen molar-refractivity contribution in [3.05, 3.63) is 76.9 Å². The second kappa shape index (κ2) is 13.0. The highest BCUT2D eigenvalue weighted by molar-refractivity contribution is 7.19. The largest absolute Gasteiger partial charge is 0.378 e. The van der Waals surface area contributed by atoms with E-state index in [9.17, 15) is 9.59 Å². The fraction of sp³-hybridized carbons (Fsp3) is 0.314. The summed E-state index contributed by atoms with van der Waals surface area (Å²) in [6.07, 6.45) is 5.44. The van der Waals surface area contributed by atoms with E-state index < -0.39 is 0 Å². The first-order valence-corrected chi connectivity index (χ1v) is 16.6. The summed E-state index contributed by atoms with van der Waals surface area (Å²) in [5, 5.41) is 3.08. The second-order valence-corrected chi connectivity index (χ2v) is 13.1. The fourth-order valence-corrected chi connectivity index (χ4v) is 7.34. The minimum Gasteiger partial charge on any atom is -0.378 e. The van der Waals surface area contributed by atoms with Gasteiger partial charge < -0.3 is 25.6 Å². The van der Waals surface area contributed by atoms with Gasteiger partial charge in [0.2, 0.25) is 17.8 Å². The van der Waals surface area contributed by atoms with E-state index >= 15 is 0 Å². The number of anilines is 3. The molecule has 5 heterocycles. The molecule has 47 heavy (non-hydrogen) atoms. The molecule has 240 valence electrons. The van der Waals surface area contributed by atoms with E-state index in [1.165, 1.54) is 5.56 Å². The number of hydrogen-bond donors (Lipinski definition) is 2. The van der Waals surface area contributed by atoms with Gasteiger partial charge in [0.15, 0.2) is 11.6 Å². The Labute approximate surface area is 276 Å². The van der Waals surface area contributed by atoms with Crippen molar-refractivity contribution < 1.29 is 14.3 Å². The molecule has 0 spiro atoms. The van der Waals surface area contributed by atoms with Gasteiger partial charge in [-0.1, -0.05) is 30.3 Å². The lowest BCUT2D eigenvalue weighted by molar-refractivity contribution is -0.120. The number of carbonyl (C=O) groups is 2. The standard InChI is InChI=1S/C35H36N8O3S/c1-21-3-6-26-16-25(9-10-30(26)43(21)22(2)44)24-7-4-23(5-8-24)15-31(45)37-20-28-17-29-32(47-28)34(42-11-13-46-14-12-42)41-33(40-29)27-18-38-35(36)39-19-27/h4-5,7-10,16-19,21H,3,6,11-15,20H2,1-2H3,(H,37,45)(H2,36,38,39)/t21-/m0/s1. The molecule has 0 saturated carbocycles. The van der Waals surface area contributed by atoms with E-state index in [1.54, 1.807) is 30.7 Å². The van der Waals surface area contributed by atoms with Gasteiger partial charge in [-0.3, -0.25) is 9.59 Å². The summed E-state index contributed by atoms with van der Waals surface area (Å²) in [4.78, 5) is 48.3. The zero-order valence-electron chi connectivity index (χ0n) is 26.4. The average molecular weight is 649 g/mol. The maximum Gasteiger partial charge on any atom is 0.224 e. The average Bonchev–Trinajstić information content (AvgIpc) is 3.51. The van der Waals surface area contributed by atoms with Crippen molar-refractivity contribution in [1.29, 1.82) is 0 Å². The SMILES string of the molecule is CC(=O)N1c2ccc(-c3ccc(CC(=O)NCc4cc5nc(-c6cnc(N)nc6)nc(N6CCOCC6)c5s4)cc3)cc2CC[C@@H]1C. The van der Waals surface area contributed by atoms with Crippen molar-refractivity contribution >= 4 is 50.8 Å². The van der Waals surface area contributed by atoms with Gasteiger partial charge in [-0.25, -0.2) is 19.9 Å². The summed E-state index contributed by atoms with van der Waals surface area (Å²) in [6.45, 7) is 6.85. The first-order valence-electron chi connectivity index (χ1n) is 15.8. The smallest absolute Gasteiger partial charge is 0.224 e. The molecule has 0 bridgehead atoms. The van der Waals surface area contributed by atoms with Gasteiger partial charge in [-0.15, -0.1) is 11.3 Å². The van der Waals surface area contributed by atoms with Gasteiger partial charge in [0, 0.05) is 49.0 Å². The van der Waals surface area contributed by atoms with Gasteiger partial charge in [-0.05, 0) is 60.2 Å². The van der Waals surface area contributed by atoms with E-state index in [0.29, 0.717) is 31.1 Å². The summed E-state index contributed by atoms with van der Waals surface area (Å²) in [7, 11) is 0. The van der Waals surface area contributed by atoms with Crippen LogP contribution in [0.25, 0.3) is 32.7 Å². The van der Waals surface area contributed by atoms with E-state index in [0.717, 1.165) is 69.2 Å². The molecule has 3 aromatic heterocycles. The number of hydrogen-bond acceptors (Lipinski definition) is 10. The molecule has 1 saturated heterocycles. The van der Waals surface area contributed by atoms with Crippen molar-refractivity contribution in [3.8, 4) is 22.5 Å². The third kappa shape index (κ3) is 6.51. The van der Waals surface area contributed by atoms with E-state index in [4.69, 9.17) is 20.4 Å². The normalized spacial score (nSPS) is 16.3.